The average molecular weight is 267 g/mol. The minimum Gasteiger partial charge on any atom is -0.381 e. The molecule has 0 aromatic carbocycles. The van der Waals surface area contributed by atoms with Crippen molar-refractivity contribution in [3.8, 4) is 0 Å². The van der Waals surface area contributed by atoms with E-state index < -0.39 is 0 Å². The van der Waals surface area contributed by atoms with Gasteiger partial charge >= 0.3 is 0 Å². The van der Waals surface area contributed by atoms with Crippen molar-refractivity contribution >= 4 is 0 Å². The van der Waals surface area contributed by atoms with Crippen LogP contribution < -0.4 is 5.73 Å². The molecule has 3 rings (SSSR count). The molecule has 1 spiro atoms. The lowest BCUT2D eigenvalue weighted by Gasteiger charge is -2.39. The molecule has 2 saturated heterocycles. The zero-order chi connectivity index (χ0) is 13.2. The molecule has 110 valence electrons. The van der Waals surface area contributed by atoms with Crippen LogP contribution in [0.4, 0.5) is 0 Å². The number of hydrogen-bond acceptors (Lipinski definition) is 3. The summed E-state index contributed by atoms with van der Waals surface area (Å²) in [7, 11) is 0. The summed E-state index contributed by atoms with van der Waals surface area (Å²) in [6.07, 6.45) is 13.1. The van der Waals surface area contributed by atoms with Crippen LogP contribution in [0.1, 0.15) is 64.2 Å². The largest absolute Gasteiger partial charge is 0.381 e. The molecule has 19 heavy (non-hydrogen) atoms. The summed E-state index contributed by atoms with van der Waals surface area (Å²) in [6.45, 7) is 2.51. The first kappa shape index (κ1) is 13.8. The van der Waals surface area contributed by atoms with Gasteiger partial charge in [-0.15, -0.1) is 0 Å². The Bertz CT molecular complexity index is 293. The maximum absolute atomic E-state index is 6.51. The fourth-order valence-corrected chi connectivity index (χ4v) is 4.40. The summed E-state index contributed by atoms with van der Waals surface area (Å²) < 4.78 is 12.2. The fourth-order valence-electron chi connectivity index (χ4n) is 4.40. The molecule has 1 aliphatic carbocycles. The van der Waals surface area contributed by atoms with Crippen molar-refractivity contribution in [2.45, 2.75) is 75.9 Å². The van der Waals surface area contributed by atoms with Crippen LogP contribution in [0.5, 0.6) is 0 Å². The summed E-state index contributed by atoms with van der Waals surface area (Å²) in [5.41, 5.74) is 6.49. The number of nitrogens with two attached hydrogens (primary N) is 1. The van der Waals surface area contributed by atoms with Gasteiger partial charge in [-0.2, -0.15) is 0 Å². The van der Waals surface area contributed by atoms with Gasteiger partial charge in [-0.05, 0) is 44.9 Å². The molecule has 1 saturated carbocycles. The monoisotopic (exact) mass is 267 g/mol. The molecule has 0 aromatic heterocycles. The predicted octanol–water partition coefficient (Wildman–Crippen LogP) is 3.01. The van der Waals surface area contributed by atoms with Gasteiger partial charge < -0.3 is 15.2 Å². The van der Waals surface area contributed by atoms with Crippen LogP contribution in [0.3, 0.4) is 0 Å². The molecule has 2 heterocycles. The maximum Gasteiger partial charge on any atom is 0.0687 e. The molecule has 0 bridgehead atoms. The minimum absolute atomic E-state index is 0.198. The van der Waals surface area contributed by atoms with E-state index in [1.165, 1.54) is 51.4 Å². The molecule has 0 amide bonds. The number of ether oxygens (including phenoxy) is 2. The van der Waals surface area contributed by atoms with Crippen molar-refractivity contribution in [2.75, 3.05) is 19.8 Å². The number of hydrogen-bond donors (Lipinski definition) is 1. The highest BCUT2D eigenvalue weighted by atomic mass is 16.5. The first-order chi connectivity index (χ1) is 9.26. The van der Waals surface area contributed by atoms with Gasteiger partial charge in [0.2, 0.25) is 0 Å². The van der Waals surface area contributed by atoms with E-state index in [2.05, 4.69) is 0 Å². The van der Waals surface area contributed by atoms with Crippen molar-refractivity contribution in [2.24, 2.45) is 11.1 Å². The van der Waals surface area contributed by atoms with Crippen LogP contribution in [-0.2, 0) is 9.47 Å². The highest BCUT2D eigenvalue weighted by molar-refractivity contribution is 4.94. The van der Waals surface area contributed by atoms with Gasteiger partial charge in [0, 0.05) is 18.6 Å². The molecule has 2 aliphatic heterocycles. The molecule has 0 radical (unpaired) electrons. The zero-order valence-corrected chi connectivity index (χ0v) is 12.2. The molecule has 3 aliphatic rings. The van der Waals surface area contributed by atoms with E-state index in [1.54, 1.807) is 0 Å². The Labute approximate surface area is 117 Å². The fraction of sp³-hybridized carbons (Fsp3) is 1.00. The Hall–Kier alpha value is -0.120. The lowest BCUT2D eigenvalue weighted by Crippen LogP contribution is -2.42. The highest BCUT2D eigenvalue weighted by Crippen LogP contribution is 2.45. The SMILES string of the molecule is NCC1(CC2CCC3(CCCCC3)O2)CCCOC1. The van der Waals surface area contributed by atoms with E-state index in [0.717, 1.165) is 32.6 Å². The van der Waals surface area contributed by atoms with Gasteiger partial charge in [0.1, 0.15) is 0 Å². The van der Waals surface area contributed by atoms with Crippen LogP contribution in [0.15, 0.2) is 0 Å². The molecule has 2 N–H and O–H groups in total. The van der Waals surface area contributed by atoms with Gasteiger partial charge in [0.15, 0.2) is 0 Å². The summed E-state index contributed by atoms with van der Waals surface area (Å²) in [4.78, 5) is 0. The Morgan fingerprint density at radius 3 is 2.53 bits per heavy atom. The predicted molar refractivity (Wildman–Crippen MR) is 76.1 cm³/mol. The van der Waals surface area contributed by atoms with Crippen LogP contribution in [0.2, 0.25) is 0 Å². The maximum atomic E-state index is 6.51. The van der Waals surface area contributed by atoms with Crippen LogP contribution >= 0.6 is 0 Å². The Kier molecular flexibility index (Phi) is 4.16. The Balaban J connectivity index is 1.58. The van der Waals surface area contributed by atoms with Gasteiger partial charge in [-0.25, -0.2) is 0 Å². The Morgan fingerprint density at radius 1 is 1.00 bits per heavy atom. The van der Waals surface area contributed by atoms with Gasteiger partial charge in [0.25, 0.3) is 0 Å². The number of rotatable bonds is 3. The van der Waals surface area contributed by atoms with Gasteiger partial charge in [-0.3, -0.25) is 0 Å². The average Bonchev–Trinajstić information content (AvgIpc) is 2.83. The van der Waals surface area contributed by atoms with E-state index in [9.17, 15) is 0 Å². The van der Waals surface area contributed by atoms with E-state index in [-0.39, 0.29) is 11.0 Å². The van der Waals surface area contributed by atoms with Gasteiger partial charge in [0.05, 0.1) is 18.3 Å². The van der Waals surface area contributed by atoms with Crippen molar-refractivity contribution in [3.63, 3.8) is 0 Å². The van der Waals surface area contributed by atoms with Crippen LogP contribution in [0, 0.1) is 5.41 Å². The van der Waals surface area contributed by atoms with Crippen molar-refractivity contribution in [3.05, 3.63) is 0 Å². The summed E-state index contributed by atoms with van der Waals surface area (Å²) in [5.74, 6) is 0. The normalized spacial score (nSPS) is 38.7. The molecule has 3 nitrogen and oxygen atoms in total. The highest BCUT2D eigenvalue weighted by Gasteiger charge is 2.44. The molecular formula is C16H29NO2. The lowest BCUT2D eigenvalue weighted by molar-refractivity contribution is -0.0928. The lowest BCUT2D eigenvalue weighted by atomic mass is 9.77. The van der Waals surface area contributed by atoms with E-state index in [0.29, 0.717) is 6.10 Å². The van der Waals surface area contributed by atoms with Crippen molar-refractivity contribution < 1.29 is 9.47 Å². The third kappa shape index (κ3) is 2.98. The molecule has 3 fully saturated rings. The second-order valence-corrected chi connectivity index (χ2v) is 7.09. The van der Waals surface area contributed by atoms with Crippen molar-refractivity contribution in [1.29, 1.82) is 0 Å². The molecule has 3 heteroatoms. The summed E-state index contributed by atoms with van der Waals surface area (Å²) in [5, 5.41) is 0. The third-order valence-corrected chi connectivity index (χ3v) is 5.60. The molecular weight excluding hydrogens is 238 g/mol. The minimum atomic E-state index is 0.198. The smallest absolute Gasteiger partial charge is 0.0687 e. The van der Waals surface area contributed by atoms with E-state index in [4.69, 9.17) is 15.2 Å². The summed E-state index contributed by atoms with van der Waals surface area (Å²) in [6, 6.07) is 0. The van der Waals surface area contributed by atoms with Crippen LogP contribution in [0.25, 0.3) is 0 Å². The Morgan fingerprint density at radius 2 is 1.84 bits per heavy atom. The molecule has 0 aromatic rings. The van der Waals surface area contributed by atoms with E-state index in [1.807, 2.05) is 0 Å². The summed E-state index contributed by atoms with van der Waals surface area (Å²) >= 11 is 0. The third-order valence-electron chi connectivity index (χ3n) is 5.60. The topological polar surface area (TPSA) is 44.5 Å². The zero-order valence-electron chi connectivity index (χ0n) is 12.2. The second-order valence-electron chi connectivity index (χ2n) is 7.09. The van der Waals surface area contributed by atoms with E-state index >= 15 is 0 Å². The van der Waals surface area contributed by atoms with Crippen molar-refractivity contribution in [1.82, 2.24) is 0 Å². The first-order valence-corrected chi connectivity index (χ1v) is 8.22. The first-order valence-electron chi connectivity index (χ1n) is 8.22. The van der Waals surface area contributed by atoms with Gasteiger partial charge in [-0.1, -0.05) is 19.3 Å². The molecule has 2 atom stereocenters. The molecule has 2 unspecified atom stereocenters. The van der Waals surface area contributed by atoms with Crippen LogP contribution in [-0.4, -0.2) is 31.5 Å². The standard InChI is InChI=1S/C16H29NO2/c17-12-15(6-4-10-18-13-15)11-14-5-9-16(19-14)7-2-1-3-8-16/h14H,1-13,17H2. The quantitative estimate of drug-likeness (QED) is 0.855. The second kappa shape index (κ2) is 5.71.